The predicted octanol–water partition coefficient (Wildman–Crippen LogP) is 7.72. The molecule has 262 valence electrons. The lowest BCUT2D eigenvalue weighted by atomic mass is 9.83. The van der Waals surface area contributed by atoms with E-state index in [0.717, 1.165) is 10.4 Å². The van der Waals surface area contributed by atoms with Crippen LogP contribution in [0.4, 0.5) is 23.2 Å². The number of sulfonamides is 1. The average molecular weight is 744 g/mol. The number of benzene rings is 3. The zero-order valence-electron chi connectivity index (χ0n) is 25.8. The topological polar surface area (TPSA) is 104 Å². The number of para-hydroxylation sites is 1. The van der Waals surface area contributed by atoms with Crippen molar-refractivity contribution in [3.05, 3.63) is 99.8 Å². The summed E-state index contributed by atoms with van der Waals surface area (Å²) in [4.78, 5) is 28.3. The lowest BCUT2D eigenvalue weighted by Crippen LogP contribution is -2.65. The molecule has 0 radical (unpaired) electrons. The van der Waals surface area contributed by atoms with Gasteiger partial charge in [-0.1, -0.05) is 59.6 Å². The maximum atomic E-state index is 15.4. The van der Waals surface area contributed by atoms with Gasteiger partial charge in [0.2, 0.25) is 10.0 Å². The maximum absolute atomic E-state index is 15.4. The molecule has 1 heterocycles. The highest BCUT2D eigenvalue weighted by Gasteiger charge is 2.61. The van der Waals surface area contributed by atoms with E-state index in [1.54, 1.807) is 24.3 Å². The first-order valence-electron chi connectivity index (χ1n) is 15.7. The van der Waals surface area contributed by atoms with Gasteiger partial charge < -0.3 is 14.7 Å². The number of rotatable bonds is 12. The number of anilines is 1. The highest BCUT2D eigenvalue weighted by molar-refractivity contribution is 7.93. The molecular weight excluding hydrogens is 711 g/mol. The molecule has 1 aliphatic heterocycles. The minimum absolute atomic E-state index is 0.207. The van der Waals surface area contributed by atoms with Gasteiger partial charge in [-0.15, -0.1) is 0 Å². The van der Waals surface area contributed by atoms with Crippen LogP contribution in [0.2, 0.25) is 10.0 Å². The first-order valence-corrected chi connectivity index (χ1v) is 17.9. The molecule has 1 saturated heterocycles. The molecule has 1 amide bonds. The van der Waals surface area contributed by atoms with Crippen molar-refractivity contribution in [2.45, 2.75) is 73.7 Å². The second-order valence-electron chi connectivity index (χ2n) is 12.8. The molecule has 49 heavy (non-hydrogen) atoms. The van der Waals surface area contributed by atoms with Gasteiger partial charge >= 0.3 is 12.1 Å². The number of carbonyl (C=O) groups is 2. The number of carbonyl (C=O) groups excluding carboxylic acids is 1. The summed E-state index contributed by atoms with van der Waals surface area (Å²) in [6.07, 6.45) is -8.05. The Labute approximate surface area is 290 Å². The second-order valence-corrected chi connectivity index (χ2v) is 15.8. The molecule has 3 aromatic rings. The van der Waals surface area contributed by atoms with E-state index >= 15 is 4.39 Å². The van der Waals surface area contributed by atoms with E-state index < -0.39 is 88.2 Å². The normalized spacial score (nSPS) is 23.7. The summed E-state index contributed by atoms with van der Waals surface area (Å²) in [6, 6.07) is 15.2. The molecule has 8 nitrogen and oxygen atoms in total. The number of nitrogens with zero attached hydrogens (tertiary/aromatic N) is 2. The smallest absolute Gasteiger partial charge is 0.392 e. The van der Waals surface area contributed by atoms with Crippen LogP contribution in [0.15, 0.2) is 72.8 Å². The van der Waals surface area contributed by atoms with Gasteiger partial charge in [0.25, 0.3) is 5.91 Å². The molecule has 0 bridgehead atoms. The van der Waals surface area contributed by atoms with Crippen LogP contribution in [0.25, 0.3) is 0 Å². The number of carboxylic acids is 1. The van der Waals surface area contributed by atoms with Crippen molar-refractivity contribution in [3.63, 3.8) is 0 Å². The standard InChI is InChI=1S/C34H32Cl2F4N2O6S/c35-23-12-10-21(11-13-23)30-31(22-4-3-5-24(36)16-22)48-33(17-29(43)44,19-34(38,39)40)32(45)42(30)28(20-8-9-20)18-41(49(46,47)25-14-15-25)27-7-2-1-6-26(27)37/h1-7,10-13,16,20,25,28,30-31H,8-9,14-15,17-19H2,(H,43,44)/t28-,30-,31-,33+/m1/s1. The third-order valence-corrected chi connectivity index (χ3v) is 11.9. The third-order valence-electron chi connectivity index (χ3n) is 9.13. The number of ether oxygens (including phenoxy) is 1. The monoisotopic (exact) mass is 742 g/mol. The summed E-state index contributed by atoms with van der Waals surface area (Å²) in [6.45, 7) is -0.488. The van der Waals surface area contributed by atoms with E-state index in [9.17, 15) is 36.3 Å². The molecule has 0 unspecified atom stereocenters. The van der Waals surface area contributed by atoms with Gasteiger partial charge in [0.1, 0.15) is 11.9 Å². The van der Waals surface area contributed by atoms with Crippen LogP contribution in [-0.2, 0) is 24.3 Å². The fraction of sp³-hybridized carbons (Fsp3) is 0.412. The number of hydrogen-bond donors (Lipinski definition) is 1. The van der Waals surface area contributed by atoms with E-state index in [0.29, 0.717) is 36.3 Å². The van der Waals surface area contributed by atoms with E-state index in [2.05, 4.69) is 0 Å². The number of alkyl halides is 3. The van der Waals surface area contributed by atoms with Gasteiger partial charge in [-0.2, -0.15) is 13.2 Å². The Balaban J connectivity index is 1.58. The second kappa shape index (κ2) is 13.4. The fourth-order valence-electron chi connectivity index (χ4n) is 6.67. The number of hydrogen-bond acceptors (Lipinski definition) is 5. The van der Waals surface area contributed by atoms with Crippen molar-refractivity contribution in [3.8, 4) is 0 Å². The van der Waals surface area contributed by atoms with Crippen LogP contribution in [-0.4, -0.2) is 59.9 Å². The summed E-state index contributed by atoms with van der Waals surface area (Å²) in [5.74, 6) is -4.22. The molecule has 1 N–H and O–H groups in total. The van der Waals surface area contributed by atoms with Crippen molar-refractivity contribution in [1.82, 2.24) is 4.90 Å². The minimum atomic E-state index is -5.05. The summed E-state index contributed by atoms with van der Waals surface area (Å²) >= 11 is 12.5. The minimum Gasteiger partial charge on any atom is -0.481 e. The Morgan fingerprint density at radius 1 is 0.980 bits per heavy atom. The SMILES string of the molecule is O=C(O)C[C@@]1(CC(F)(F)F)O[C@H](c2cccc(Cl)c2)[C@@H](c2ccc(Cl)cc2)N([C@H](CN(c2ccccc2F)S(=O)(=O)C2CC2)C2CC2)C1=O. The van der Waals surface area contributed by atoms with Gasteiger partial charge in [0, 0.05) is 10.0 Å². The summed E-state index contributed by atoms with van der Waals surface area (Å²) in [5, 5.41) is 9.66. The summed E-state index contributed by atoms with van der Waals surface area (Å²) in [5.41, 5.74) is -2.56. The van der Waals surface area contributed by atoms with Gasteiger partial charge in [-0.3, -0.25) is 13.9 Å². The number of morpholine rings is 1. The molecule has 15 heteroatoms. The Hall–Kier alpha value is -3.39. The quantitative estimate of drug-likeness (QED) is 0.191. The molecule has 2 aliphatic carbocycles. The number of carboxylic acid groups (broad SMARTS) is 1. The Morgan fingerprint density at radius 2 is 1.65 bits per heavy atom. The number of halogens is 6. The van der Waals surface area contributed by atoms with Crippen LogP contribution in [0.3, 0.4) is 0 Å². The molecule has 6 rings (SSSR count). The van der Waals surface area contributed by atoms with Gasteiger partial charge in [0.15, 0.2) is 5.60 Å². The van der Waals surface area contributed by atoms with Crippen LogP contribution in [0.1, 0.15) is 61.8 Å². The maximum Gasteiger partial charge on any atom is 0.392 e. The molecule has 0 spiro atoms. The molecule has 3 aliphatic rings. The highest BCUT2D eigenvalue weighted by Crippen LogP contribution is 2.53. The Morgan fingerprint density at radius 3 is 2.22 bits per heavy atom. The van der Waals surface area contributed by atoms with E-state index in [4.69, 9.17) is 27.9 Å². The number of amides is 1. The van der Waals surface area contributed by atoms with Crippen LogP contribution in [0, 0.1) is 11.7 Å². The third kappa shape index (κ3) is 7.54. The zero-order valence-corrected chi connectivity index (χ0v) is 28.2. The van der Waals surface area contributed by atoms with E-state index in [-0.39, 0.29) is 16.3 Å². The van der Waals surface area contributed by atoms with Crippen molar-refractivity contribution < 1.29 is 45.4 Å². The van der Waals surface area contributed by atoms with Crippen molar-refractivity contribution in [2.75, 3.05) is 10.8 Å². The highest BCUT2D eigenvalue weighted by atomic mass is 35.5. The lowest BCUT2D eigenvalue weighted by Gasteiger charge is -2.53. The number of aliphatic carboxylic acids is 1. The Bertz CT molecular complexity index is 1840. The fourth-order valence-corrected chi connectivity index (χ4v) is 8.87. The van der Waals surface area contributed by atoms with Gasteiger partial charge in [0.05, 0.1) is 42.4 Å². The molecule has 0 aromatic heterocycles. The summed E-state index contributed by atoms with van der Waals surface area (Å²) in [7, 11) is -4.18. The van der Waals surface area contributed by atoms with Gasteiger partial charge in [-0.05, 0) is 79.1 Å². The molecule has 4 atom stereocenters. The first-order chi connectivity index (χ1) is 23.1. The molecular formula is C34H32Cl2F4N2O6S. The first kappa shape index (κ1) is 35.4. The van der Waals surface area contributed by atoms with Gasteiger partial charge in [-0.25, -0.2) is 12.8 Å². The zero-order chi connectivity index (χ0) is 35.3. The lowest BCUT2D eigenvalue weighted by molar-refractivity contribution is -0.242. The molecule has 2 saturated carbocycles. The van der Waals surface area contributed by atoms with E-state index in [1.165, 1.54) is 47.4 Å². The van der Waals surface area contributed by atoms with Crippen LogP contribution in [0.5, 0.6) is 0 Å². The van der Waals surface area contributed by atoms with Crippen LogP contribution >= 0.6 is 23.2 Å². The van der Waals surface area contributed by atoms with Crippen molar-refractivity contribution in [2.24, 2.45) is 5.92 Å². The van der Waals surface area contributed by atoms with Crippen LogP contribution < -0.4 is 4.31 Å². The predicted molar refractivity (Wildman–Crippen MR) is 174 cm³/mol. The van der Waals surface area contributed by atoms with E-state index in [1.807, 2.05) is 0 Å². The molecule has 3 fully saturated rings. The largest absolute Gasteiger partial charge is 0.481 e. The average Bonchev–Trinajstić information content (AvgIpc) is 3.93. The Kier molecular flexibility index (Phi) is 9.68. The van der Waals surface area contributed by atoms with Crippen molar-refractivity contribution >= 4 is 50.8 Å². The van der Waals surface area contributed by atoms with Crippen molar-refractivity contribution in [1.29, 1.82) is 0 Å². The molecule has 3 aromatic carbocycles. The summed E-state index contributed by atoms with van der Waals surface area (Å²) < 4.78 is 93.5.